The Labute approximate surface area is 136 Å². The summed E-state index contributed by atoms with van der Waals surface area (Å²) in [7, 11) is 0. The van der Waals surface area contributed by atoms with Gasteiger partial charge in [-0.2, -0.15) is 0 Å². The van der Waals surface area contributed by atoms with Gasteiger partial charge < -0.3 is 5.32 Å². The first-order chi connectivity index (χ1) is 8.58. The summed E-state index contributed by atoms with van der Waals surface area (Å²) in [5.41, 5.74) is 2.07. The second-order valence-electron chi connectivity index (χ2n) is 3.69. The Morgan fingerprint density at radius 3 is 2.33 bits per heavy atom. The van der Waals surface area contributed by atoms with Crippen LogP contribution in [-0.4, -0.2) is 0 Å². The standard InChI is InChI=1S/C13H9Br3ClN/c14-9-4-5-12(17)8(6-9)7-18-13-10(15)2-1-3-11(13)16/h1-6,18H,7H2. The van der Waals surface area contributed by atoms with Crippen molar-refractivity contribution < 1.29 is 0 Å². The molecular weight excluding hydrogens is 445 g/mol. The summed E-state index contributed by atoms with van der Waals surface area (Å²) in [6.07, 6.45) is 0. The smallest absolute Gasteiger partial charge is 0.0631 e. The minimum absolute atomic E-state index is 0.666. The average Bonchev–Trinajstić information content (AvgIpc) is 2.33. The fourth-order valence-electron chi connectivity index (χ4n) is 1.53. The van der Waals surface area contributed by atoms with Crippen LogP contribution < -0.4 is 5.32 Å². The molecule has 0 heterocycles. The third kappa shape index (κ3) is 3.50. The quantitative estimate of drug-likeness (QED) is 0.579. The van der Waals surface area contributed by atoms with Gasteiger partial charge in [0.15, 0.2) is 0 Å². The molecule has 0 saturated carbocycles. The van der Waals surface area contributed by atoms with Crippen molar-refractivity contribution in [3.8, 4) is 0 Å². The van der Waals surface area contributed by atoms with Crippen LogP contribution in [0.15, 0.2) is 49.8 Å². The Kier molecular flexibility index (Phi) is 5.13. The van der Waals surface area contributed by atoms with Gasteiger partial charge in [-0.25, -0.2) is 0 Å². The van der Waals surface area contributed by atoms with Gasteiger partial charge in [0.25, 0.3) is 0 Å². The Balaban J connectivity index is 2.19. The minimum atomic E-state index is 0.666. The van der Waals surface area contributed by atoms with Crippen LogP contribution in [0.3, 0.4) is 0 Å². The fraction of sp³-hybridized carbons (Fsp3) is 0.0769. The van der Waals surface area contributed by atoms with Gasteiger partial charge in [-0.05, 0) is 67.8 Å². The van der Waals surface area contributed by atoms with E-state index in [1.807, 2.05) is 36.4 Å². The molecule has 0 aliphatic heterocycles. The van der Waals surface area contributed by atoms with Gasteiger partial charge in [0.1, 0.15) is 0 Å². The van der Waals surface area contributed by atoms with E-state index in [-0.39, 0.29) is 0 Å². The van der Waals surface area contributed by atoms with Gasteiger partial charge in [0.05, 0.1) is 5.69 Å². The number of hydrogen-bond acceptors (Lipinski definition) is 1. The normalized spacial score (nSPS) is 10.4. The largest absolute Gasteiger partial charge is 0.379 e. The monoisotopic (exact) mass is 451 g/mol. The molecule has 0 bridgehead atoms. The summed E-state index contributed by atoms with van der Waals surface area (Å²) >= 11 is 16.6. The highest BCUT2D eigenvalue weighted by molar-refractivity contribution is 9.11. The molecule has 0 fully saturated rings. The molecule has 94 valence electrons. The Hall–Kier alpha value is -0.0300. The molecule has 18 heavy (non-hydrogen) atoms. The summed E-state index contributed by atoms with van der Waals surface area (Å²) in [6.45, 7) is 0.666. The van der Waals surface area contributed by atoms with Crippen molar-refractivity contribution in [1.82, 2.24) is 0 Å². The molecule has 0 unspecified atom stereocenters. The van der Waals surface area contributed by atoms with Gasteiger partial charge in [0, 0.05) is 25.0 Å². The van der Waals surface area contributed by atoms with Gasteiger partial charge >= 0.3 is 0 Å². The van der Waals surface area contributed by atoms with E-state index in [4.69, 9.17) is 11.6 Å². The lowest BCUT2D eigenvalue weighted by atomic mass is 10.2. The van der Waals surface area contributed by atoms with E-state index in [0.717, 1.165) is 29.7 Å². The third-order valence-electron chi connectivity index (χ3n) is 2.43. The van der Waals surface area contributed by atoms with Crippen molar-refractivity contribution in [3.63, 3.8) is 0 Å². The number of para-hydroxylation sites is 1. The molecule has 0 aromatic heterocycles. The molecule has 1 nitrogen and oxygen atoms in total. The molecule has 5 heteroatoms. The second kappa shape index (κ2) is 6.42. The van der Waals surface area contributed by atoms with E-state index in [0.29, 0.717) is 6.54 Å². The molecular formula is C13H9Br3ClN. The Morgan fingerprint density at radius 1 is 1.00 bits per heavy atom. The molecule has 2 aromatic carbocycles. The first-order valence-electron chi connectivity index (χ1n) is 5.20. The molecule has 1 N–H and O–H groups in total. The molecule has 0 spiro atoms. The molecule has 0 atom stereocenters. The molecule has 0 aliphatic rings. The molecule has 0 amide bonds. The molecule has 0 saturated heterocycles. The van der Waals surface area contributed by atoms with Crippen LogP contribution in [0.4, 0.5) is 5.69 Å². The van der Waals surface area contributed by atoms with Crippen LogP contribution in [0.5, 0.6) is 0 Å². The maximum absolute atomic E-state index is 6.16. The summed E-state index contributed by atoms with van der Waals surface area (Å²) in [4.78, 5) is 0. The van der Waals surface area contributed by atoms with E-state index >= 15 is 0 Å². The SMILES string of the molecule is Clc1ccc(Br)cc1CNc1c(Br)cccc1Br. The Morgan fingerprint density at radius 2 is 1.67 bits per heavy atom. The van der Waals surface area contributed by atoms with Crippen molar-refractivity contribution in [1.29, 1.82) is 0 Å². The van der Waals surface area contributed by atoms with Crippen LogP contribution in [0, 0.1) is 0 Å². The number of halogens is 4. The average molecular weight is 454 g/mol. The van der Waals surface area contributed by atoms with Crippen LogP contribution in [0.25, 0.3) is 0 Å². The van der Waals surface area contributed by atoms with Crippen LogP contribution >= 0.6 is 59.4 Å². The third-order valence-corrected chi connectivity index (χ3v) is 4.61. The summed E-state index contributed by atoms with van der Waals surface area (Å²) in [5.74, 6) is 0. The first-order valence-corrected chi connectivity index (χ1v) is 7.95. The number of benzene rings is 2. The predicted octanol–water partition coefficient (Wildman–Crippen LogP) is 6.24. The van der Waals surface area contributed by atoms with E-state index in [1.54, 1.807) is 0 Å². The lowest BCUT2D eigenvalue weighted by molar-refractivity contribution is 1.14. The van der Waals surface area contributed by atoms with Crippen molar-refractivity contribution in [3.05, 3.63) is 60.4 Å². The highest BCUT2D eigenvalue weighted by atomic mass is 79.9. The van der Waals surface area contributed by atoms with E-state index in [1.165, 1.54) is 0 Å². The minimum Gasteiger partial charge on any atom is -0.379 e. The van der Waals surface area contributed by atoms with Gasteiger partial charge in [-0.1, -0.05) is 33.6 Å². The Bertz CT molecular complexity index is 552. The second-order valence-corrected chi connectivity index (χ2v) is 6.72. The lowest BCUT2D eigenvalue weighted by Gasteiger charge is -2.12. The summed E-state index contributed by atoms with van der Waals surface area (Å²) in [5, 5.41) is 4.12. The maximum Gasteiger partial charge on any atom is 0.0631 e. The fourth-order valence-corrected chi connectivity index (χ4v) is 3.40. The van der Waals surface area contributed by atoms with E-state index < -0.39 is 0 Å². The molecule has 0 aliphatic carbocycles. The zero-order valence-electron chi connectivity index (χ0n) is 9.18. The van der Waals surface area contributed by atoms with Gasteiger partial charge in [-0.3, -0.25) is 0 Å². The molecule has 2 rings (SSSR count). The van der Waals surface area contributed by atoms with Crippen molar-refractivity contribution in [2.24, 2.45) is 0 Å². The zero-order valence-corrected chi connectivity index (χ0v) is 14.7. The topological polar surface area (TPSA) is 12.0 Å². The van der Waals surface area contributed by atoms with Crippen molar-refractivity contribution >= 4 is 65.1 Å². The highest BCUT2D eigenvalue weighted by Crippen LogP contribution is 2.31. The van der Waals surface area contributed by atoms with Crippen LogP contribution in [0.1, 0.15) is 5.56 Å². The number of rotatable bonds is 3. The number of nitrogens with one attached hydrogen (secondary N) is 1. The van der Waals surface area contributed by atoms with Crippen LogP contribution in [-0.2, 0) is 6.54 Å². The molecule has 0 radical (unpaired) electrons. The van der Waals surface area contributed by atoms with E-state index in [9.17, 15) is 0 Å². The maximum atomic E-state index is 6.16. The zero-order chi connectivity index (χ0) is 13.1. The number of hydrogen-bond donors (Lipinski definition) is 1. The predicted molar refractivity (Wildman–Crippen MR) is 88.3 cm³/mol. The van der Waals surface area contributed by atoms with Crippen molar-refractivity contribution in [2.45, 2.75) is 6.54 Å². The van der Waals surface area contributed by atoms with Gasteiger partial charge in [0.2, 0.25) is 0 Å². The molecule has 2 aromatic rings. The summed E-state index contributed by atoms with van der Waals surface area (Å²) in [6, 6.07) is 11.8. The lowest BCUT2D eigenvalue weighted by Crippen LogP contribution is -2.01. The number of anilines is 1. The van der Waals surface area contributed by atoms with Gasteiger partial charge in [-0.15, -0.1) is 0 Å². The van der Waals surface area contributed by atoms with Crippen molar-refractivity contribution in [2.75, 3.05) is 5.32 Å². The van der Waals surface area contributed by atoms with Crippen LogP contribution in [0.2, 0.25) is 5.02 Å². The summed E-state index contributed by atoms with van der Waals surface area (Å²) < 4.78 is 3.06. The van der Waals surface area contributed by atoms with E-state index in [2.05, 4.69) is 53.1 Å². The first kappa shape index (κ1) is 14.4. The highest BCUT2D eigenvalue weighted by Gasteiger charge is 2.06.